The van der Waals surface area contributed by atoms with Crippen LogP contribution >= 0.6 is 0 Å². The van der Waals surface area contributed by atoms with Crippen molar-refractivity contribution in [2.24, 2.45) is 13.0 Å². The topological polar surface area (TPSA) is 68.6 Å². The van der Waals surface area contributed by atoms with Crippen LogP contribution in [0.15, 0.2) is 30.6 Å². The highest BCUT2D eigenvalue weighted by Crippen LogP contribution is 2.42. The molecule has 1 aliphatic rings. The van der Waals surface area contributed by atoms with Crippen molar-refractivity contribution in [3.05, 3.63) is 41.7 Å². The maximum Gasteiger partial charge on any atom is 0.223 e. The Balaban J connectivity index is 1.76. The number of hydrogen-bond acceptors (Lipinski definition) is 5. The second-order valence-corrected chi connectivity index (χ2v) is 8.60. The van der Waals surface area contributed by atoms with Crippen LogP contribution in [0.4, 0.5) is 0 Å². The van der Waals surface area contributed by atoms with E-state index in [0.717, 1.165) is 29.2 Å². The minimum Gasteiger partial charge on any atom is -0.497 e. The van der Waals surface area contributed by atoms with Crippen LogP contribution in [-0.4, -0.2) is 46.9 Å². The molecule has 7 heteroatoms. The Hall–Kier alpha value is -2.54. The highest BCUT2D eigenvalue weighted by atomic mass is 16.5. The molecule has 2 atom stereocenters. The number of benzene rings is 1. The Morgan fingerprint density at radius 2 is 2.00 bits per heavy atom. The second kappa shape index (κ2) is 8.45. The van der Waals surface area contributed by atoms with Gasteiger partial charge in [-0.2, -0.15) is 5.10 Å². The van der Waals surface area contributed by atoms with Gasteiger partial charge in [0.15, 0.2) is 0 Å². The van der Waals surface area contributed by atoms with Gasteiger partial charge in [0.25, 0.3) is 0 Å². The summed E-state index contributed by atoms with van der Waals surface area (Å²) in [4.78, 5) is 14.9. The molecular formula is C22H32N4O3. The lowest BCUT2D eigenvalue weighted by atomic mass is 9.93. The van der Waals surface area contributed by atoms with E-state index in [1.165, 1.54) is 0 Å². The molecule has 2 heterocycles. The van der Waals surface area contributed by atoms with Gasteiger partial charge in [0.1, 0.15) is 11.5 Å². The first-order chi connectivity index (χ1) is 13.7. The maximum absolute atomic E-state index is 12.9. The fraction of sp³-hybridized carbons (Fsp3) is 0.545. The van der Waals surface area contributed by atoms with Gasteiger partial charge in [-0.15, -0.1) is 0 Å². The van der Waals surface area contributed by atoms with Gasteiger partial charge in [-0.05, 0) is 39.0 Å². The summed E-state index contributed by atoms with van der Waals surface area (Å²) in [6.45, 7) is 7.63. The summed E-state index contributed by atoms with van der Waals surface area (Å²) < 4.78 is 12.6. The Morgan fingerprint density at radius 3 is 2.59 bits per heavy atom. The average molecular weight is 401 g/mol. The molecule has 0 unspecified atom stereocenters. The maximum atomic E-state index is 12.9. The third-order valence-electron chi connectivity index (χ3n) is 5.43. The zero-order chi connectivity index (χ0) is 21.2. The molecule has 0 saturated carbocycles. The quantitative estimate of drug-likeness (QED) is 0.774. The largest absolute Gasteiger partial charge is 0.497 e. The van der Waals surface area contributed by atoms with Gasteiger partial charge in [0.05, 0.1) is 26.5 Å². The number of likely N-dealkylation sites (tertiary alicyclic amines) is 1. The van der Waals surface area contributed by atoms with E-state index in [-0.39, 0.29) is 23.4 Å². The summed E-state index contributed by atoms with van der Waals surface area (Å²) in [6.07, 6.45) is 4.42. The highest BCUT2D eigenvalue weighted by molar-refractivity contribution is 5.80. The lowest BCUT2D eigenvalue weighted by Gasteiger charge is -2.38. The molecule has 1 saturated heterocycles. The molecule has 3 rings (SSSR count). The zero-order valence-electron chi connectivity index (χ0n) is 18.2. The van der Waals surface area contributed by atoms with Gasteiger partial charge in [-0.3, -0.25) is 9.48 Å². The van der Waals surface area contributed by atoms with Gasteiger partial charge in [-0.1, -0.05) is 0 Å². The molecule has 1 aromatic heterocycles. The Morgan fingerprint density at radius 1 is 1.24 bits per heavy atom. The van der Waals surface area contributed by atoms with E-state index in [4.69, 9.17) is 9.47 Å². The Kier molecular flexibility index (Phi) is 6.17. The van der Waals surface area contributed by atoms with Gasteiger partial charge in [-0.25, -0.2) is 0 Å². The number of ether oxygens (including phenoxy) is 2. The summed E-state index contributed by atoms with van der Waals surface area (Å²) in [5, 5.41) is 7.86. The van der Waals surface area contributed by atoms with E-state index in [9.17, 15) is 4.79 Å². The summed E-state index contributed by atoms with van der Waals surface area (Å²) >= 11 is 0. The molecule has 1 N–H and O–H groups in total. The van der Waals surface area contributed by atoms with Crippen LogP contribution in [-0.2, 0) is 18.4 Å². The Labute approximate surface area is 173 Å². The molecule has 0 spiro atoms. The predicted octanol–water partition coefficient (Wildman–Crippen LogP) is 2.92. The first kappa shape index (κ1) is 21.2. The molecule has 1 aromatic carbocycles. The van der Waals surface area contributed by atoms with Crippen molar-refractivity contribution in [1.29, 1.82) is 0 Å². The zero-order valence-corrected chi connectivity index (χ0v) is 18.2. The molecule has 1 aliphatic heterocycles. The lowest BCUT2D eigenvalue weighted by Crippen LogP contribution is -2.44. The second-order valence-electron chi connectivity index (χ2n) is 8.60. The van der Waals surface area contributed by atoms with Crippen molar-refractivity contribution >= 4 is 5.91 Å². The van der Waals surface area contributed by atoms with Gasteiger partial charge < -0.3 is 19.7 Å². The molecule has 0 radical (unpaired) electrons. The van der Waals surface area contributed by atoms with Crippen molar-refractivity contribution in [2.75, 3.05) is 20.8 Å². The van der Waals surface area contributed by atoms with Crippen LogP contribution in [0, 0.1) is 5.92 Å². The number of rotatable bonds is 7. The molecule has 7 nitrogen and oxygen atoms in total. The van der Waals surface area contributed by atoms with E-state index in [1.54, 1.807) is 18.9 Å². The van der Waals surface area contributed by atoms with Crippen LogP contribution in [0.1, 0.15) is 44.4 Å². The van der Waals surface area contributed by atoms with Crippen molar-refractivity contribution in [3.63, 3.8) is 0 Å². The molecular weight excluding hydrogens is 368 g/mol. The highest BCUT2D eigenvalue weighted by Gasteiger charge is 2.45. The minimum absolute atomic E-state index is 0.0101. The Bertz CT molecular complexity index is 856. The third-order valence-corrected chi connectivity index (χ3v) is 5.43. The van der Waals surface area contributed by atoms with E-state index in [2.05, 4.69) is 31.2 Å². The number of aromatic nitrogens is 2. The number of nitrogens with one attached hydrogen (secondary N) is 1. The van der Waals surface area contributed by atoms with Crippen molar-refractivity contribution < 1.29 is 14.3 Å². The van der Waals surface area contributed by atoms with Gasteiger partial charge in [0, 0.05) is 55.3 Å². The van der Waals surface area contributed by atoms with E-state index >= 15 is 0 Å². The van der Waals surface area contributed by atoms with Gasteiger partial charge >= 0.3 is 0 Å². The van der Waals surface area contributed by atoms with E-state index in [0.29, 0.717) is 13.0 Å². The standard InChI is InChI=1S/C22H32N4O3/c1-22(2,3)26-20(27)10-16(21(26)17-13-24-25(4)14-17)12-23-11-15-9-18(28-5)7-8-19(15)29-6/h7-9,13-14,16,21,23H,10-12H2,1-6H3/t16-,21+/m0/s1. The number of nitrogens with zero attached hydrogens (tertiary/aromatic N) is 3. The molecule has 2 aromatic rings. The van der Waals surface area contributed by atoms with Crippen LogP contribution in [0.25, 0.3) is 0 Å². The van der Waals surface area contributed by atoms with Crippen molar-refractivity contribution in [2.45, 2.75) is 45.3 Å². The van der Waals surface area contributed by atoms with Crippen molar-refractivity contribution in [1.82, 2.24) is 20.0 Å². The fourth-order valence-electron chi connectivity index (χ4n) is 4.20. The number of carbonyl (C=O) groups excluding carboxylic acids is 1. The van der Waals surface area contributed by atoms with Crippen LogP contribution in [0.3, 0.4) is 0 Å². The summed E-state index contributed by atoms with van der Waals surface area (Å²) in [7, 11) is 5.23. The average Bonchev–Trinajstić information content (AvgIpc) is 3.24. The van der Waals surface area contributed by atoms with Crippen LogP contribution < -0.4 is 14.8 Å². The van der Waals surface area contributed by atoms with Crippen LogP contribution in [0.5, 0.6) is 11.5 Å². The van der Waals surface area contributed by atoms with Gasteiger partial charge in [0.2, 0.25) is 5.91 Å². The minimum atomic E-state index is -0.248. The molecule has 0 bridgehead atoms. The number of carbonyl (C=O) groups is 1. The first-order valence-corrected chi connectivity index (χ1v) is 9.97. The number of hydrogen-bond donors (Lipinski definition) is 1. The molecule has 1 fully saturated rings. The number of aryl methyl sites for hydroxylation is 1. The number of amides is 1. The monoisotopic (exact) mass is 400 g/mol. The lowest BCUT2D eigenvalue weighted by molar-refractivity contribution is -0.133. The first-order valence-electron chi connectivity index (χ1n) is 9.97. The fourth-order valence-corrected chi connectivity index (χ4v) is 4.20. The number of methoxy groups -OCH3 is 2. The van der Waals surface area contributed by atoms with Crippen LogP contribution in [0.2, 0.25) is 0 Å². The summed E-state index contributed by atoms with van der Waals surface area (Å²) in [6, 6.07) is 5.79. The summed E-state index contributed by atoms with van der Waals surface area (Å²) in [5.74, 6) is 1.98. The molecule has 0 aliphatic carbocycles. The molecule has 29 heavy (non-hydrogen) atoms. The van der Waals surface area contributed by atoms with E-state index < -0.39 is 0 Å². The predicted molar refractivity (Wildman–Crippen MR) is 112 cm³/mol. The smallest absolute Gasteiger partial charge is 0.223 e. The normalized spacial score (nSPS) is 19.7. The SMILES string of the molecule is COc1ccc(OC)c(CNC[C@@H]2CC(=O)N(C(C)(C)C)[C@H]2c2cnn(C)c2)c1. The van der Waals surface area contributed by atoms with Crippen molar-refractivity contribution in [3.8, 4) is 11.5 Å². The molecule has 158 valence electrons. The van der Waals surface area contributed by atoms with E-state index in [1.807, 2.05) is 42.5 Å². The summed E-state index contributed by atoms with van der Waals surface area (Å²) in [5.41, 5.74) is 1.86. The molecule has 1 amide bonds. The third kappa shape index (κ3) is 4.56.